The third-order valence-corrected chi connectivity index (χ3v) is 7.11. The summed E-state index contributed by atoms with van der Waals surface area (Å²) in [5.74, 6) is -0.309. The number of aliphatic carboxylic acids is 1. The number of carbonyl (C=O) groups is 1. The highest BCUT2D eigenvalue weighted by atomic mass is 16.4. The lowest BCUT2D eigenvalue weighted by Gasteiger charge is -2.45. The SMILES string of the molecule is CC(C)CN(Cc1ccccn1)C1CC(NCc2ccccn2)CC(N(CC(=O)O)Cc2ccccn2)C1. The van der Waals surface area contributed by atoms with Crippen molar-refractivity contribution >= 4 is 5.97 Å². The molecule has 3 unspecified atom stereocenters. The van der Waals surface area contributed by atoms with E-state index in [9.17, 15) is 9.90 Å². The average Bonchev–Trinajstić information content (AvgIpc) is 2.92. The highest BCUT2D eigenvalue weighted by Crippen LogP contribution is 2.30. The van der Waals surface area contributed by atoms with Gasteiger partial charge in [0.15, 0.2) is 0 Å². The van der Waals surface area contributed by atoms with Gasteiger partial charge < -0.3 is 10.4 Å². The first-order valence-electron chi connectivity index (χ1n) is 13.6. The van der Waals surface area contributed by atoms with Crippen molar-refractivity contribution < 1.29 is 9.90 Å². The summed E-state index contributed by atoms with van der Waals surface area (Å²) in [6, 6.07) is 18.5. The summed E-state index contributed by atoms with van der Waals surface area (Å²) in [5.41, 5.74) is 2.96. The Labute approximate surface area is 226 Å². The number of nitrogens with zero attached hydrogens (tertiary/aromatic N) is 5. The van der Waals surface area contributed by atoms with Crippen molar-refractivity contribution in [2.75, 3.05) is 13.1 Å². The summed E-state index contributed by atoms with van der Waals surface area (Å²) in [4.78, 5) is 30.2. The Morgan fingerprint density at radius 1 is 0.842 bits per heavy atom. The highest BCUT2D eigenvalue weighted by Gasteiger charge is 2.36. The van der Waals surface area contributed by atoms with Crippen LogP contribution in [0.5, 0.6) is 0 Å². The molecule has 8 heteroatoms. The van der Waals surface area contributed by atoms with Gasteiger partial charge in [0, 0.05) is 62.9 Å². The lowest BCUT2D eigenvalue weighted by atomic mass is 9.84. The summed E-state index contributed by atoms with van der Waals surface area (Å²) >= 11 is 0. The largest absolute Gasteiger partial charge is 0.480 e. The number of hydrogen-bond acceptors (Lipinski definition) is 7. The van der Waals surface area contributed by atoms with Gasteiger partial charge in [0.2, 0.25) is 0 Å². The van der Waals surface area contributed by atoms with Crippen molar-refractivity contribution in [3.63, 3.8) is 0 Å². The van der Waals surface area contributed by atoms with E-state index in [1.54, 1.807) is 6.20 Å². The Balaban J connectivity index is 1.57. The number of rotatable bonds is 13. The van der Waals surface area contributed by atoms with Crippen molar-refractivity contribution in [1.82, 2.24) is 30.1 Å². The van der Waals surface area contributed by atoms with Crippen LogP contribution in [0, 0.1) is 5.92 Å². The standard InChI is InChI=1S/C30H40N6O2/c1-23(2)19-35(20-25-10-4-7-13-32-25)28-15-27(34-18-24-9-3-6-12-31-24)16-29(17-28)36(22-30(37)38)21-26-11-5-8-14-33-26/h3-14,23,27-29,34H,15-22H2,1-2H3,(H,37,38). The number of carboxylic acid groups (broad SMARTS) is 1. The van der Waals surface area contributed by atoms with Gasteiger partial charge in [0.25, 0.3) is 0 Å². The highest BCUT2D eigenvalue weighted by molar-refractivity contribution is 5.69. The number of nitrogens with one attached hydrogen (secondary N) is 1. The molecule has 3 heterocycles. The molecule has 3 aromatic rings. The predicted molar refractivity (Wildman–Crippen MR) is 148 cm³/mol. The fraction of sp³-hybridized carbons (Fsp3) is 0.467. The zero-order valence-corrected chi connectivity index (χ0v) is 22.5. The zero-order valence-electron chi connectivity index (χ0n) is 22.5. The molecule has 0 amide bonds. The maximum Gasteiger partial charge on any atom is 0.317 e. The fourth-order valence-electron chi connectivity index (χ4n) is 5.47. The Morgan fingerprint density at radius 2 is 1.37 bits per heavy atom. The molecule has 0 saturated heterocycles. The van der Waals surface area contributed by atoms with Crippen LogP contribution in [0.1, 0.15) is 50.2 Å². The minimum absolute atomic E-state index is 0.00859. The second-order valence-electron chi connectivity index (χ2n) is 10.7. The summed E-state index contributed by atoms with van der Waals surface area (Å²) in [7, 11) is 0. The maximum atomic E-state index is 11.9. The van der Waals surface area contributed by atoms with E-state index in [1.165, 1.54) is 0 Å². The van der Waals surface area contributed by atoms with Crippen molar-refractivity contribution in [2.24, 2.45) is 5.92 Å². The lowest BCUT2D eigenvalue weighted by molar-refractivity contribution is -0.139. The molecule has 1 aliphatic rings. The number of hydrogen-bond donors (Lipinski definition) is 2. The van der Waals surface area contributed by atoms with Gasteiger partial charge in [-0.25, -0.2) is 0 Å². The molecule has 3 atom stereocenters. The second kappa shape index (κ2) is 14.1. The minimum atomic E-state index is -0.812. The zero-order chi connectivity index (χ0) is 26.7. The molecule has 0 radical (unpaired) electrons. The molecule has 2 N–H and O–H groups in total. The van der Waals surface area contributed by atoms with E-state index >= 15 is 0 Å². The Morgan fingerprint density at radius 3 is 1.87 bits per heavy atom. The van der Waals surface area contributed by atoms with E-state index < -0.39 is 5.97 Å². The van der Waals surface area contributed by atoms with Crippen LogP contribution in [0.25, 0.3) is 0 Å². The van der Waals surface area contributed by atoms with Gasteiger partial charge in [-0.2, -0.15) is 0 Å². The van der Waals surface area contributed by atoms with E-state index in [1.807, 2.05) is 60.9 Å². The van der Waals surface area contributed by atoms with E-state index in [4.69, 9.17) is 0 Å². The van der Waals surface area contributed by atoms with Gasteiger partial charge in [-0.05, 0) is 61.6 Å². The number of aromatic nitrogens is 3. The van der Waals surface area contributed by atoms with Crippen molar-refractivity contribution in [3.8, 4) is 0 Å². The second-order valence-corrected chi connectivity index (χ2v) is 10.7. The van der Waals surface area contributed by atoms with Gasteiger partial charge in [-0.3, -0.25) is 29.5 Å². The van der Waals surface area contributed by atoms with Crippen LogP contribution in [-0.4, -0.2) is 67.0 Å². The quantitative estimate of drug-likeness (QED) is 0.352. The van der Waals surface area contributed by atoms with Gasteiger partial charge in [-0.15, -0.1) is 0 Å². The molecule has 0 aromatic carbocycles. The van der Waals surface area contributed by atoms with Crippen molar-refractivity contribution in [1.29, 1.82) is 0 Å². The lowest BCUT2D eigenvalue weighted by Crippen LogP contribution is -2.53. The summed E-state index contributed by atoms with van der Waals surface area (Å²) in [6.45, 7) is 7.44. The third kappa shape index (κ3) is 8.68. The summed E-state index contributed by atoms with van der Waals surface area (Å²) in [6.07, 6.45) is 8.22. The van der Waals surface area contributed by atoms with Crippen LogP contribution in [0.15, 0.2) is 73.2 Å². The van der Waals surface area contributed by atoms with Crippen LogP contribution in [0.4, 0.5) is 0 Å². The molecule has 0 spiro atoms. The van der Waals surface area contributed by atoms with E-state index in [0.717, 1.165) is 49.4 Å². The van der Waals surface area contributed by atoms with E-state index in [0.29, 0.717) is 25.0 Å². The molecule has 0 bridgehead atoms. The molecule has 4 rings (SSSR count). The maximum absolute atomic E-state index is 11.9. The Bertz CT molecular complexity index is 1100. The molecular weight excluding hydrogens is 476 g/mol. The average molecular weight is 517 g/mol. The Hall–Kier alpha value is -3.20. The first-order valence-corrected chi connectivity index (χ1v) is 13.6. The third-order valence-electron chi connectivity index (χ3n) is 7.11. The number of pyridine rings is 3. The van der Waals surface area contributed by atoms with Crippen LogP contribution in [0.2, 0.25) is 0 Å². The summed E-state index contributed by atoms with van der Waals surface area (Å²) < 4.78 is 0. The van der Waals surface area contributed by atoms with Gasteiger partial charge >= 0.3 is 5.97 Å². The predicted octanol–water partition coefficient (Wildman–Crippen LogP) is 4.00. The van der Waals surface area contributed by atoms with Crippen LogP contribution in [0.3, 0.4) is 0 Å². The van der Waals surface area contributed by atoms with Crippen molar-refractivity contribution in [3.05, 3.63) is 90.3 Å². The first-order chi connectivity index (χ1) is 18.5. The Kier molecular flexibility index (Phi) is 10.3. The topological polar surface area (TPSA) is 94.5 Å². The van der Waals surface area contributed by atoms with Gasteiger partial charge in [-0.1, -0.05) is 32.0 Å². The smallest absolute Gasteiger partial charge is 0.317 e. The number of carboxylic acids is 1. The monoisotopic (exact) mass is 516 g/mol. The molecule has 202 valence electrons. The van der Waals surface area contributed by atoms with Gasteiger partial charge in [0.05, 0.1) is 23.6 Å². The van der Waals surface area contributed by atoms with Crippen LogP contribution in [-0.2, 0) is 24.4 Å². The minimum Gasteiger partial charge on any atom is -0.480 e. The molecule has 1 saturated carbocycles. The van der Waals surface area contributed by atoms with Crippen LogP contribution < -0.4 is 5.32 Å². The molecular formula is C30H40N6O2. The van der Waals surface area contributed by atoms with Gasteiger partial charge in [0.1, 0.15) is 0 Å². The fourth-order valence-corrected chi connectivity index (χ4v) is 5.47. The van der Waals surface area contributed by atoms with Crippen LogP contribution >= 0.6 is 0 Å². The molecule has 1 aliphatic carbocycles. The molecule has 0 aliphatic heterocycles. The van der Waals surface area contributed by atoms with E-state index in [-0.39, 0.29) is 18.6 Å². The normalized spacial score (nSPS) is 19.8. The summed E-state index contributed by atoms with van der Waals surface area (Å²) in [5, 5.41) is 13.5. The molecule has 1 fully saturated rings. The molecule has 38 heavy (non-hydrogen) atoms. The van der Waals surface area contributed by atoms with Crippen molar-refractivity contribution in [2.45, 2.75) is 70.9 Å². The molecule has 8 nitrogen and oxygen atoms in total. The first kappa shape index (κ1) is 27.8. The van der Waals surface area contributed by atoms with E-state index in [2.05, 4.69) is 50.0 Å². The molecule has 3 aromatic heterocycles.